The number of carbonyl (C=O) groups is 3. The summed E-state index contributed by atoms with van der Waals surface area (Å²) in [6, 6.07) is 6.36. The Kier molecular flexibility index (Phi) is 5.99. The Hall–Kier alpha value is -2.67. The summed E-state index contributed by atoms with van der Waals surface area (Å²) in [5, 5.41) is 3.75. The average Bonchev–Trinajstić information content (AvgIpc) is 3.18. The third kappa shape index (κ3) is 4.56. The van der Waals surface area contributed by atoms with E-state index in [2.05, 4.69) is 10.3 Å². The van der Waals surface area contributed by atoms with Crippen molar-refractivity contribution in [1.82, 2.24) is 10.3 Å². The van der Waals surface area contributed by atoms with Crippen molar-refractivity contribution in [2.24, 2.45) is 29.4 Å². The number of H-pyrrole nitrogens is 1. The summed E-state index contributed by atoms with van der Waals surface area (Å²) in [4.78, 5) is 40.8. The molecule has 4 bridgehead atoms. The molecule has 0 spiro atoms. The van der Waals surface area contributed by atoms with Crippen LogP contribution in [0.3, 0.4) is 0 Å². The van der Waals surface area contributed by atoms with Gasteiger partial charge in [0.15, 0.2) is 0 Å². The number of alkyl carbamates (subject to hydrolysis) is 1. The van der Waals surface area contributed by atoms with Gasteiger partial charge in [-0.15, -0.1) is 0 Å². The van der Waals surface area contributed by atoms with E-state index in [1.807, 2.05) is 30.5 Å². The number of carbonyl (C=O) groups excluding carboxylic acids is 3. The van der Waals surface area contributed by atoms with Crippen molar-refractivity contribution in [3.8, 4) is 0 Å². The molecule has 1 heterocycles. The lowest BCUT2D eigenvalue weighted by Gasteiger charge is -2.53. The molecular formula is C26H33N3O4. The molecule has 1 amide bonds. The van der Waals surface area contributed by atoms with Crippen molar-refractivity contribution >= 4 is 28.6 Å². The fourth-order valence-electron chi connectivity index (χ4n) is 6.69. The minimum absolute atomic E-state index is 0.00747. The number of Topliss-reactive ketones (excluding diaryl/α,β-unsaturated/α-hetero) is 2. The Bertz CT molecular complexity index is 1030. The molecule has 7 heteroatoms. The predicted molar refractivity (Wildman–Crippen MR) is 125 cm³/mol. The highest BCUT2D eigenvalue weighted by atomic mass is 16.6. The van der Waals surface area contributed by atoms with E-state index in [4.69, 9.17) is 10.5 Å². The molecule has 7 nitrogen and oxygen atoms in total. The van der Waals surface area contributed by atoms with Crippen molar-refractivity contribution in [3.63, 3.8) is 0 Å². The molecule has 1 aromatic carbocycles. The fourth-order valence-corrected chi connectivity index (χ4v) is 6.69. The molecule has 0 unspecified atom stereocenters. The van der Waals surface area contributed by atoms with Crippen molar-refractivity contribution in [2.45, 2.75) is 70.1 Å². The summed E-state index contributed by atoms with van der Waals surface area (Å²) in [6.45, 7) is 1.72. The SMILES string of the molecule is C[C@H](CC(=O)C(=O)[C@@H](N)Cc1c[nH]c2ccccc12)NC(=O)OC1C2CC3CC(C2)CC1C3. The lowest BCUT2D eigenvalue weighted by Crippen LogP contribution is -2.51. The highest BCUT2D eigenvalue weighted by Crippen LogP contribution is 2.54. The number of aromatic nitrogens is 1. The summed E-state index contributed by atoms with van der Waals surface area (Å²) in [5.41, 5.74) is 7.95. The zero-order chi connectivity index (χ0) is 23.1. The van der Waals surface area contributed by atoms with Crippen LogP contribution in [0.15, 0.2) is 30.5 Å². The molecule has 4 aliphatic carbocycles. The van der Waals surface area contributed by atoms with E-state index in [9.17, 15) is 14.4 Å². The molecule has 4 fully saturated rings. The minimum atomic E-state index is -0.913. The minimum Gasteiger partial charge on any atom is -0.446 e. The van der Waals surface area contributed by atoms with Crippen molar-refractivity contribution in [1.29, 1.82) is 0 Å². The number of amides is 1. The number of hydrogen-bond acceptors (Lipinski definition) is 5. The van der Waals surface area contributed by atoms with Crippen LogP contribution in [0, 0.1) is 23.7 Å². The first-order valence-electron chi connectivity index (χ1n) is 12.2. The number of aromatic amines is 1. The fraction of sp³-hybridized carbons (Fsp3) is 0.577. The van der Waals surface area contributed by atoms with Gasteiger partial charge in [-0.2, -0.15) is 0 Å². The number of para-hydroxylation sites is 1. The molecule has 176 valence electrons. The first kappa shape index (κ1) is 22.1. The Morgan fingerprint density at radius 2 is 1.76 bits per heavy atom. The van der Waals surface area contributed by atoms with Gasteiger partial charge in [0.05, 0.1) is 6.04 Å². The maximum Gasteiger partial charge on any atom is 0.407 e. The second-order valence-electron chi connectivity index (χ2n) is 10.5. The Morgan fingerprint density at radius 1 is 1.09 bits per heavy atom. The Morgan fingerprint density at radius 3 is 2.45 bits per heavy atom. The third-order valence-corrected chi connectivity index (χ3v) is 7.97. The zero-order valence-electron chi connectivity index (χ0n) is 19.1. The predicted octanol–water partition coefficient (Wildman–Crippen LogP) is 3.51. The smallest absolute Gasteiger partial charge is 0.407 e. The van der Waals surface area contributed by atoms with Crippen LogP contribution < -0.4 is 11.1 Å². The van der Waals surface area contributed by atoms with E-state index in [-0.39, 0.29) is 18.9 Å². The molecule has 4 aliphatic rings. The normalized spacial score (nSPS) is 29.6. The second kappa shape index (κ2) is 8.93. The summed E-state index contributed by atoms with van der Waals surface area (Å²) in [7, 11) is 0. The van der Waals surface area contributed by atoms with Crippen molar-refractivity contribution in [2.75, 3.05) is 0 Å². The molecule has 0 aliphatic heterocycles. The lowest BCUT2D eigenvalue weighted by atomic mass is 9.55. The lowest BCUT2D eigenvalue weighted by molar-refractivity contribution is -0.137. The molecule has 1 aromatic heterocycles. The molecule has 2 aromatic rings. The molecular weight excluding hydrogens is 418 g/mol. The van der Waals surface area contributed by atoms with Crippen molar-refractivity contribution in [3.05, 3.63) is 36.0 Å². The summed E-state index contributed by atoms with van der Waals surface area (Å²) < 4.78 is 5.82. The van der Waals surface area contributed by atoms with Crippen LogP contribution in [0.5, 0.6) is 0 Å². The highest BCUT2D eigenvalue weighted by Gasteiger charge is 2.50. The monoisotopic (exact) mass is 451 g/mol. The van der Waals surface area contributed by atoms with Gasteiger partial charge in [-0.05, 0) is 80.8 Å². The highest BCUT2D eigenvalue weighted by molar-refractivity contribution is 6.39. The number of ketones is 2. The largest absolute Gasteiger partial charge is 0.446 e. The number of rotatable bonds is 8. The van der Waals surface area contributed by atoms with E-state index >= 15 is 0 Å². The maximum absolute atomic E-state index is 12.6. The quantitative estimate of drug-likeness (QED) is 0.532. The van der Waals surface area contributed by atoms with E-state index in [0.717, 1.165) is 28.3 Å². The molecule has 6 rings (SSSR count). The van der Waals surface area contributed by atoms with E-state index in [0.29, 0.717) is 11.8 Å². The van der Waals surface area contributed by atoms with Gasteiger partial charge >= 0.3 is 6.09 Å². The van der Waals surface area contributed by atoms with Crippen LogP contribution in [-0.2, 0) is 20.7 Å². The van der Waals surface area contributed by atoms with Gasteiger partial charge in [0.1, 0.15) is 6.10 Å². The molecule has 4 N–H and O–H groups in total. The number of nitrogens with one attached hydrogen (secondary N) is 2. The second-order valence-corrected chi connectivity index (χ2v) is 10.5. The Labute approximate surface area is 193 Å². The van der Waals surface area contributed by atoms with Crippen LogP contribution in [0.25, 0.3) is 10.9 Å². The number of hydrogen-bond donors (Lipinski definition) is 3. The van der Waals surface area contributed by atoms with E-state index in [1.54, 1.807) is 6.92 Å². The molecule has 0 radical (unpaired) electrons. The molecule has 33 heavy (non-hydrogen) atoms. The molecule has 4 saturated carbocycles. The first-order chi connectivity index (χ1) is 15.9. The summed E-state index contributed by atoms with van der Waals surface area (Å²) in [6.07, 6.45) is 7.55. The Balaban J connectivity index is 1.10. The van der Waals surface area contributed by atoms with Gasteiger partial charge in [0, 0.05) is 29.6 Å². The van der Waals surface area contributed by atoms with E-state index in [1.165, 1.54) is 32.1 Å². The van der Waals surface area contributed by atoms with Crippen LogP contribution in [0.1, 0.15) is 51.0 Å². The van der Waals surface area contributed by atoms with Crippen LogP contribution in [0.4, 0.5) is 4.79 Å². The van der Waals surface area contributed by atoms with Gasteiger partial charge in [-0.25, -0.2) is 4.79 Å². The molecule has 0 saturated heterocycles. The standard InChI is InChI=1S/C26H33N3O4/c1-14(29-26(32)33-25-17-8-15-7-16(10-17)11-18(25)9-15)6-23(30)24(31)21(27)12-19-13-28-22-5-3-2-4-20(19)22/h2-5,13-18,21,25,28H,6-12,27H2,1H3,(H,29,32)/t14-,15?,16?,17?,18?,21+,25?/m1/s1. The summed E-state index contributed by atoms with van der Waals surface area (Å²) >= 11 is 0. The van der Waals surface area contributed by atoms with Gasteiger partial charge in [-0.3, -0.25) is 9.59 Å². The number of benzene rings is 1. The van der Waals surface area contributed by atoms with Crippen LogP contribution >= 0.6 is 0 Å². The summed E-state index contributed by atoms with van der Waals surface area (Å²) in [5.74, 6) is 1.41. The number of fused-ring (bicyclic) bond motifs is 1. The van der Waals surface area contributed by atoms with Crippen molar-refractivity contribution < 1.29 is 19.1 Å². The number of nitrogens with two attached hydrogens (primary N) is 1. The van der Waals surface area contributed by atoms with E-state index < -0.39 is 29.7 Å². The van der Waals surface area contributed by atoms with Crippen LogP contribution in [-0.4, -0.2) is 40.8 Å². The average molecular weight is 452 g/mol. The first-order valence-corrected chi connectivity index (χ1v) is 12.2. The van der Waals surface area contributed by atoms with Crippen LogP contribution in [0.2, 0.25) is 0 Å². The third-order valence-electron chi connectivity index (χ3n) is 7.97. The van der Waals surface area contributed by atoms with Gasteiger partial charge in [0.25, 0.3) is 0 Å². The molecule has 2 atom stereocenters. The zero-order valence-corrected chi connectivity index (χ0v) is 19.1. The maximum atomic E-state index is 12.6. The van der Waals surface area contributed by atoms with Gasteiger partial charge in [0.2, 0.25) is 11.6 Å². The van der Waals surface area contributed by atoms with Gasteiger partial charge < -0.3 is 20.8 Å². The topological polar surface area (TPSA) is 114 Å². The van der Waals surface area contributed by atoms with Gasteiger partial charge in [-0.1, -0.05) is 18.2 Å². The number of ether oxygens (including phenoxy) is 1.